The molecule has 0 aliphatic rings. The molecule has 1 rings (SSSR count). The quantitative estimate of drug-likeness (QED) is 0.714. The molecule has 15 heavy (non-hydrogen) atoms. The zero-order valence-electron chi connectivity index (χ0n) is 9.92. The summed E-state index contributed by atoms with van der Waals surface area (Å²) in [5.41, 5.74) is 1.25. The summed E-state index contributed by atoms with van der Waals surface area (Å²) in [6, 6.07) is 0. The third-order valence-electron chi connectivity index (χ3n) is 2.23. The van der Waals surface area contributed by atoms with Gasteiger partial charge in [-0.2, -0.15) is 0 Å². The van der Waals surface area contributed by atoms with Crippen molar-refractivity contribution in [2.75, 3.05) is 34.2 Å². The standard InChI is InChI=1S/C11H21N3S/c1-12-7-4-5-10-9-15-11(13-10)6-8-14(2)3/h9,12H,4-8H2,1-3H3. The van der Waals surface area contributed by atoms with E-state index in [0.29, 0.717) is 0 Å². The Morgan fingerprint density at radius 3 is 2.87 bits per heavy atom. The lowest BCUT2D eigenvalue weighted by molar-refractivity contribution is 0.413. The molecule has 3 nitrogen and oxygen atoms in total. The van der Waals surface area contributed by atoms with Crippen LogP contribution in [0.5, 0.6) is 0 Å². The number of likely N-dealkylation sites (N-methyl/N-ethyl adjacent to an activating group) is 1. The van der Waals surface area contributed by atoms with Gasteiger partial charge in [0.05, 0.1) is 10.7 Å². The van der Waals surface area contributed by atoms with Gasteiger partial charge < -0.3 is 10.2 Å². The van der Waals surface area contributed by atoms with Gasteiger partial charge in [0, 0.05) is 18.3 Å². The zero-order valence-corrected chi connectivity index (χ0v) is 10.7. The Labute approximate surface area is 96.5 Å². The Morgan fingerprint density at radius 2 is 2.20 bits per heavy atom. The number of hydrogen-bond acceptors (Lipinski definition) is 4. The van der Waals surface area contributed by atoms with Crippen molar-refractivity contribution in [2.45, 2.75) is 19.3 Å². The number of aromatic nitrogens is 1. The fourth-order valence-electron chi connectivity index (χ4n) is 1.34. The highest BCUT2D eigenvalue weighted by atomic mass is 32.1. The first-order valence-corrected chi connectivity index (χ1v) is 6.33. The molecule has 0 atom stereocenters. The SMILES string of the molecule is CNCCCc1csc(CCN(C)C)n1. The molecule has 4 heteroatoms. The maximum atomic E-state index is 4.62. The van der Waals surface area contributed by atoms with Crippen LogP contribution in [0, 0.1) is 0 Å². The molecule has 0 fully saturated rings. The molecule has 0 unspecified atom stereocenters. The van der Waals surface area contributed by atoms with Gasteiger partial charge in [0.1, 0.15) is 0 Å². The molecule has 0 amide bonds. The van der Waals surface area contributed by atoms with Crippen LogP contribution in [0.4, 0.5) is 0 Å². The van der Waals surface area contributed by atoms with Crippen molar-refractivity contribution in [1.29, 1.82) is 0 Å². The van der Waals surface area contributed by atoms with Crippen LogP contribution in [0.1, 0.15) is 17.1 Å². The van der Waals surface area contributed by atoms with Crippen molar-refractivity contribution in [3.63, 3.8) is 0 Å². The van der Waals surface area contributed by atoms with Crippen LogP contribution < -0.4 is 5.32 Å². The molecule has 0 bridgehead atoms. The molecule has 0 aromatic carbocycles. The summed E-state index contributed by atoms with van der Waals surface area (Å²) >= 11 is 1.79. The smallest absolute Gasteiger partial charge is 0.0941 e. The summed E-state index contributed by atoms with van der Waals surface area (Å²) in [6.07, 6.45) is 3.34. The molecular weight excluding hydrogens is 206 g/mol. The summed E-state index contributed by atoms with van der Waals surface area (Å²) in [5.74, 6) is 0. The normalized spacial score (nSPS) is 11.2. The van der Waals surface area contributed by atoms with Gasteiger partial charge in [0.25, 0.3) is 0 Å². The molecule has 1 N–H and O–H groups in total. The number of nitrogens with one attached hydrogen (secondary N) is 1. The van der Waals surface area contributed by atoms with Crippen LogP contribution in [-0.4, -0.2) is 44.1 Å². The number of nitrogens with zero attached hydrogens (tertiary/aromatic N) is 2. The molecule has 1 aromatic heterocycles. The van der Waals surface area contributed by atoms with Crippen LogP contribution in [0.15, 0.2) is 5.38 Å². The van der Waals surface area contributed by atoms with E-state index in [1.807, 2.05) is 7.05 Å². The Morgan fingerprint density at radius 1 is 1.40 bits per heavy atom. The second-order valence-corrected chi connectivity index (χ2v) is 4.94. The van der Waals surface area contributed by atoms with Crippen LogP contribution in [0.25, 0.3) is 0 Å². The third-order valence-corrected chi connectivity index (χ3v) is 3.19. The van der Waals surface area contributed by atoms with Crippen molar-refractivity contribution >= 4 is 11.3 Å². The highest BCUT2D eigenvalue weighted by Gasteiger charge is 2.02. The molecule has 0 radical (unpaired) electrons. The number of rotatable bonds is 7. The summed E-state index contributed by atoms with van der Waals surface area (Å²) in [4.78, 5) is 6.81. The van der Waals surface area contributed by atoms with Gasteiger partial charge in [-0.25, -0.2) is 4.98 Å². The van der Waals surface area contributed by atoms with E-state index in [1.165, 1.54) is 17.1 Å². The van der Waals surface area contributed by atoms with E-state index in [4.69, 9.17) is 0 Å². The van der Waals surface area contributed by atoms with Gasteiger partial charge in [-0.1, -0.05) is 0 Å². The second kappa shape index (κ2) is 6.93. The molecule has 1 aromatic rings. The van der Waals surface area contributed by atoms with Crippen molar-refractivity contribution in [1.82, 2.24) is 15.2 Å². The largest absolute Gasteiger partial charge is 0.320 e. The average molecular weight is 227 g/mol. The van der Waals surface area contributed by atoms with Crippen molar-refractivity contribution in [3.05, 3.63) is 16.1 Å². The van der Waals surface area contributed by atoms with Crippen molar-refractivity contribution < 1.29 is 0 Å². The zero-order chi connectivity index (χ0) is 11.1. The fraction of sp³-hybridized carbons (Fsp3) is 0.727. The summed E-state index contributed by atoms with van der Waals surface area (Å²) in [5, 5.41) is 6.62. The number of thiazole rings is 1. The maximum Gasteiger partial charge on any atom is 0.0941 e. The fourth-order valence-corrected chi connectivity index (χ4v) is 2.17. The average Bonchev–Trinajstić information content (AvgIpc) is 2.63. The van der Waals surface area contributed by atoms with Gasteiger partial charge in [-0.05, 0) is 40.5 Å². The first-order chi connectivity index (χ1) is 7.22. The van der Waals surface area contributed by atoms with Crippen LogP contribution >= 0.6 is 11.3 Å². The van der Waals surface area contributed by atoms with E-state index in [0.717, 1.165) is 25.9 Å². The molecule has 1 heterocycles. The Bertz CT molecular complexity index is 271. The Balaban J connectivity index is 2.29. The highest BCUT2D eigenvalue weighted by molar-refractivity contribution is 7.09. The summed E-state index contributed by atoms with van der Waals surface area (Å²) in [7, 11) is 6.19. The van der Waals surface area contributed by atoms with Crippen LogP contribution in [0.3, 0.4) is 0 Å². The van der Waals surface area contributed by atoms with E-state index in [1.54, 1.807) is 11.3 Å². The maximum absolute atomic E-state index is 4.62. The van der Waals surface area contributed by atoms with E-state index in [-0.39, 0.29) is 0 Å². The van der Waals surface area contributed by atoms with E-state index >= 15 is 0 Å². The molecular formula is C11H21N3S. The first kappa shape index (κ1) is 12.6. The Kier molecular flexibility index (Phi) is 5.83. The Hall–Kier alpha value is -0.450. The summed E-state index contributed by atoms with van der Waals surface area (Å²) in [6.45, 7) is 2.16. The second-order valence-electron chi connectivity index (χ2n) is 3.99. The monoisotopic (exact) mass is 227 g/mol. The van der Waals surface area contributed by atoms with Crippen LogP contribution in [0.2, 0.25) is 0 Å². The minimum atomic E-state index is 1.07. The predicted octanol–water partition coefficient (Wildman–Crippen LogP) is 1.40. The first-order valence-electron chi connectivity index (χ1n) is 5.45. The van der Waals surface area contributed by atoms with E-state index in [2.05, 4.69) is 34.7 Å². The van der Waals surface area contributed by atoms with Gasteiger partial charge >= 0.3 is 0 Å². The van der Waals surface area contributed by atoms with Crippen molar-refractivity contribution in [2.24, 2.45) is 0 Å². The lowest BCUT2D eigenvalue weighted by Gasteiger charge is -2.06. The lowest BCUT2D eigenvalue weighted by Crippen LogP contribution is -2.15. The van der Waals surface area contributed by atoms with Gasteiger partial charge in [0.2, 0.25) is 0 Å². The predicted molar refractivity (Wildman–Crippen MR) is 66.6 cm³/mol. The van der Waals surface area contributed by atoms with Gasteiger partial charge in [-0.15, -0.1) is 11.3 Å². The van der Waals surface area contributed by atoms with E-state index in [9.17, 15) is 0 Å². The molecule has 0 saturated carbocycles. The molecule has 0 aliphatic heterocycles. The topological polar surface area (TPSA) is 28.2 Å². The van der Waals surface area contributed by atoms with Gasteiger partial charge in [0.15, 0.2) is 0 Å². The van der Waals surface area contributed by atoms with E-state index < -0.39 is 0 Å². The molecule has 0 aliphatic carbocycles. The number of hydrogen-bond donors (Lipinski definition) is 1. The third kappa shape index (κ3) is 5.25. The van der Waals surface area contributed by atoms with Crippen LogP contribution in [-0.2, 0) is 12.8 Å². The van der Waals surface area contributed by atoms with Crippen molar-refractivity contribution in [3.8, 4) is 0 Å². The summed E-state index contributed by atoms with van der Waals surface area (Å²) < 4.78 is 0. The number of aryl methyl sites for hydroxylation is 1. The minimum absolute atomic E-state index is 1.07. The minimum Gasteiger partial charge on any atom is -0.320 e. The molecule has 86 valence electrons. The molecule has 0 saturated heterocycles. The highest BCUT2D eigenvalue weighted by Crippen LogP contribution is 2.11. The lowest BCUT2D eigenvalue weighted by atomic mass is 10.2. The molecule has 0 spiro atoms. The van der Waals surface area contributed by atoms with Gasteiger partial charge in [-0.3, -0.25) is 0 Å².